The third-order valence-electron chi connectivity index (χ3n) is 5.05. The second kappa shape index (κ2) is 10.5. The maximum absolute atomic E-state index is 13.0. The highest BCUT2D eigenvalue weighted by atomic mass is 79.9. The van der Waals surface area contributed by atoms with Gasteiger partial charge in [0.05, 0.1) is 20.7 Å². The van der Waals surface area contributed by atoms with E-state index in [1.807, 2.05) is 0 Å². The molecule has 4 rings (SSSR count). The molecule has 0 saturated carbocycles. The topological polar surface area (TPSA) is 119 Å². The Balaban J connectivity index is 1.57. The molecule has 3 aromatic rings. The molecule has 4 amide bonds. The van der Waals surface area contributed by atoms with E-state index >= 15 is 0 Å². The Hall–Kier alpha value is -3.73. The van der Waals surface area contributed by atoms with Gasteiger partial charge in [0.1, 0.15) is 12.2 Å². The number of nitro groups is 1. The molecule has 0 atom stereocenters. The number of non-ortho nitro benzene ring substituents is 1. The first-order chi connectivity index (χ1) is 17.1. The smallest absolute Gasteiger partial charge is 0.335 e. The van der Waals surface area contributed by atoms with Crippen LogP contribution in [0.4, 0.5) is 16.2 Å². The quantitative estimate of drug-likeness (QED) is 0.165. The van der Waals surface area contributed by atoms with Gasteiger partial charge in [0.15, 0.2) is 5.75 Å². The molecule has 1 heterocycles. The summed E-state index contributed by atoms with van der Waals surface area (Å²) in [6, 6.07) is 14.3. The van der Waals surface area contributed by atoms with Gasteiger partial charge >= 0.3 is 6.03 Å². The predicted molar refractivity (Wildman–Crippen MR) is 137 cm³/mol. The largest absolute Gasteiger partial charge is 0.486 e. The number of hydrogen-bond acceptors (Lipinski definition) is 6. The summed E-state index contributed by atoms with van der Waals surface area (Å²) < 4.78 is 6.44. The molecule has 0 bridgehead atoms. The summed E-state index contributed by atoms with van der Waals surface area (Å²) >= 11 is 16.0. The van der Waals surface area contributed by atoms with Crippen molar-refractivity contribution in [2.24, 2.45) is 0 Å². The molecule has 0 spiro atoms. The van der Waals surface area contributed by atoms with Crippen molar-refractivity contribution in [2.75, 3.05) is 4.90 Å². The summed E-state index contributed by atoms with van der Waals surface area (Å²) in [5.74, 6) is -1.51. The van der Waals surface area contributed by atoms with E-state index in [2.05, 4.69) is 21.2 Å². The highest BCUT2D eigenvalue weighted by Gasteiger charge is 2.36. The van der Waals surface area contributed by atoms with Crippen LogP contribution in [0.2, 0.25) is 10.0 Å². The van der Waals surface area contributed by atoms with Gasteiger partial charge in [-0.3, -0.25) is 25.0 Å². The molecule has 1 aliphatic heterocycles. The minimum atomic E-state index is -0.865. The maximum atomic E-state index is 13.0. The van der Waals surface area contributed by atoms with Gasteiger partial charge in [0.25, 0.3) is 17.5 Å². The lowest BCUT2D eigenvalue weighted by atomic mass is 10.1. The van der Waals surface area contributed by atoms with Gasteiger partial charge in [-0.2, -0.15) is 0 Å². The lowest BCUT2D eigenvalue weighted by molar-refractivity contribution is -0.384. The fourth-order valence-electron chi connectivity index (χ4n) is 3.32. The number of ether oxygens (including phenoxy) is 1. The van der Waals surface area contributed by atoms with Gasteiger partial charge < -0.3 is 4.74 Å². The third-order valence-corrected chi connectivity index (χ3v) is 6.14. The second-order valence-corrected chi connectivity index (χ2v) is 9.19. The summed E-state index contributed by atoms with van der Waals surface area (Å²) in [4.78, 5) is 48.9. The average Bonchev–Trinajstić information content (AvgIpc) is 2.82. The standard InChI is InChI=1S/C24H14BrCl2N3O6/c25-15-3-7-16(8-4-15)29-23(32)18(22(31)28-24(29)33)9-14-10-19(26)21(20(27)11-14)36-12-13-1-5-17(6-2-13)30(34)35/h1-11H,12H2,(H,28,31,33)/b18-9+. The molecule has 3 aromatic carbocycles. The minimum absolute atomic E-state index is 0.0447. The van der Waals surface area contributed by atoms with E-state index in [1.165, 1.54) is 30.3 Å². The number of carbonyl (C=O) groups is 3. The van der Waals surface area contributed by atoms with Gasteiger partial charge in [-0.25, -0.2) is 9.69 Å². The molecule has 12 heteroatoms. The van der Waals surface area contributed by atoms with Crippen LogP contribution < -0.4 is 15.0 Å². The molecule has 0 aliphatic carbocycles. The third kappa shape index (κ3) is 5.40. The first kappa shape index (κ1) is 25.4. The molecule has 0 unspecified atom stereocenters. The molecular weight excluding hydrogens is 577 g/mol. The zero-order valence-corrected chi connectivity index (χ0v) is 21.1. The van der Waals surface area contributed by atoms with Crippen LogP contribution in [0.3, 0.4) is 0 Å². The number of hydrogen-bond donors (Lipinski definition) is 1. The summed E-state index contributed by atoms with van der Waals surface area (Å²) in [5, 5.41) is 13.2. The van der Waals surface area contributed by atoms with Crippen LogP contribution in [-0.4, -0.2) is 22.8 Å². The molecule has 1 saturated heterocycles. The highest BCUT2D eigenvalue weighted by molar-refractivity contribution is 9.10. The van der Waals surface area contributed by atoms with Crippen molar-refractivity contribution in [3.8, 4) is 5.75 Å². The number of barbiturate groups is 1. The Morgan fingerprint density at radius 2 is 1.61 bits per heavy atom. The van der Waals surface area contributed by atoms with Crippen molar-refractivity contribution in [2.45, 2.75) is 6.61 Å². The minimum Gasteiger partial charge on any atom is -0.486 e. The molecule has 0 aromatic heterocycles. The number of amides is 4. The number of halogens is 3. The van der Waals surface area contributed by atoms with Crippen LogP contribution in [-0.2, 0) is 16.2 Å². The zero-order valence-electron chi connectivity index (χ0n) is 18.0. The monoisotopic (exact) mass is 589 g/mol. The fraction of sp³-hybridized carbons (Fsp3) is 0.0417. The lowest BCUT2D eigenvalue weighted by Crippen LogP contribution is -2.54. The van der Waals surface area contributed by atoms with Crippen molar-refractivity contribution in [1.82, 2.24) is 5.32 Å². The second-order valence-electron chi connectivity index (χ2n) is 7.46. The Labute approximate surface area is 222 Å². The number of nitrogens with one attached hydrogen (secondary N) is 1. The molecule has 1 N–H and O–H groups in total. The molecule has 1 fully saturated rings. The number of benzene rings is 3. The van der Waals surface area contributed by atoms with Crippen LogP contribution in [0.5, 0.6) is 5.75 Å². The summed E-state index contributed by atoms with van der Waals surface area (Å²) in [5.41, 5.74) is 0.931. The van der Waals surface area contributed by atoms with Crippen molar-refractivity contribution >= 4 is 74.4 Å². The van der Waals surface area contributed by atoms with Crippen LogP contribution in [0.15, 0.2) is 70.7 Å². The van der Waals surface area contributed by atoms with E-state index in [4.69, 9.17) is 27.9 Å². The highest BCUT2D eigenvalue weighted by Crippen LogP contribution is 2.36. The number of rotatable bonds is 6. The summed E-state index contributed by atoms with van der Waals surface area (Å²) in [6.07, 6.45) is 1.27. The molecule has 9 nitrogen and oxygen atoms in total. The number of imide groups is 2. The van der Waals surface area contributed by atoms with Gasteiger partial charge in [-0.1, -0.05) is 39.1 Å². The van der Waals surface area contributed by atoms with Crippen molar-refractivity contribution < 1.29 is 24.0 Å². The average molecular weight is 591 g/mol. The van der Waals surface area contributed by atoms with Gasteiger partial charge in [0, 0.05) is 16.6 Å². The number of nitrogens with zero attached hydrogens (tertiary/aromatic N) is 2. The normalized spacial score (nSPS) is 14.7. The molecular formula is C24H14BrCl2N3O6. The fourth-order valence-corrected chi connectivity index (χ4v) is 4.20. The molecule has 1 aliphatic rings. The van der Waals surface area contributed by atoms with Crippen molar-refractivity contribution in [1.29, 1.82) is 0 Å². The number of nitro benzene ring substituents is 1. The molecule has 182 valence electrons. The van der Waals surface area contributed by atoms with Crippen LogP contribution in [0.25, 0.3) is 6.08 Å². The maximum Gasteiger partial charge on any atom is 0.335 e. The van der Waals surface area contributed by atoms with E-state index in [0.717, 1.165) is 9.37 Å². The Morgan fingerprint density at radius 3 is 2.19 bits per heavy atom. The van der Waals surface area contributed by atoms with Crippen molar-refractivity contribution in [3.05, 3.63) is 102 Å². The Kier molecular flexibility index (Phi) is 7.39. The van der Waals surface area contributed by atoms with E-state index in [1.54, 1.807) is 36.4 Å². The van der Waals surface area contributed by atoms with Gasteiger partial charge in [-0.05, 0) is 65.7 Å². The van der Waals surface area contributed by atoms with E-state index in [0.29, 0.717) is 11.1 Å². The Morgan fingerprint density at radius 1 is 1.00 bits per heavy atom. The van der Waals surface area contributed by atoms with Crippen LogP contribution in [0.1, 0.15) is 11.1 Å². The van der Waals surface area contributed by atoms with Gasteiger partial charge in [-0.15, -0.1) is 0 Å². The number of urea groups is 1. The van der Waals surface area contributed by atoms with E-state index in [-0.39, 0.29) is 39.3 Å². The van der Waals surface area contributed by atoms with Gasteiger partial charge in [0.2, 0.25) is 0 Å². The Bertz CT molecular complexity index is 1400. The first-order valence-corrected chi connectivity index (χ1v) is 11.7. The summed E-state index contributed by atoms with van der Waals surface area (Å²) in [7, 11) is 0. The SMILES string of the molecule is O=C1NC(=O)N(c2ccc(Br)cc2)C(=O)/C1=C/c1cc(Cl)c(OCc2ccc([N+](=O)[O-])cc2)c(Cl)c1. The molecule has 36 heavy (non-hydrogen) atoms. The van der Waals surface area contributed by atoms with Crippen LogP contribution >= 0.6 is 39.1 Å². The summed E-state index contributed by atoms with van der Waals surface area (Å²) in [6.45, 7) is 0.0447. The van der Waals surface area contributed by atoms with E-state index in [9.17, 15) is 24.5 Å². The zero-order chi connectivity index (χ0) is 26.0. The first-order valence-electron chi connectivity index (χ1n) is 10.2. The van der Waals surface area contributed by atoms with Crippen LogP contribution in [0, 0.1) is 10.1 Å². The number of carbonyl (C=O) groups excluding carboxylic acids is 3. The lowest BCUT2D eigenvalue weighted by Gasteiger charge is -2.26. The van der Waals surface area contributed by atoms with E-state index < -0.39 is 22.8 Å². The predicted octanol–water partition coefficient (Wildman–Crippen LogP) is 5.91. The molecule has 0 radical (unpaired) electrons. The van der Waals surface area contributed by atoms with Crippen molar-refractivity contribution in [3.63, 3.8) is 0 Å². The number of anilines is 1.